The van der Waals surface area contributed by atoms with Gasteiger partial charge in [-0.2, -0.15) is 0 Å². The Morgan fingerprint density at radius 3 is 2.89 bits per heavy atom. The van der Waals surface area contributed by atoms with Gasteiger partial charge in [0.25, 0.3) is 0 Å². The summed E-state index contributed by atoms with van der Waals surface area (Å²) in [7, 11) is 1.70. The Morgan fingerprint density at radius 2 is 2.11 bits per heavy atom. The van der Waals surface area contributed by atoms with Crippen LogP contribution in [-0.4, -0.2) is 30.5 Å². The van der Waals surface area contributed by atoms with E-state index in [0.717, 1.165) is 28.7 Å². The molecule has 4 nitrogen and oxygen atoms in total. The molecule has 1 N–H and O–H groups in total. The van der Waals surface area contributed by atoms with Crippen LogP contribution >= 0.6 is 11.3 Å². The van der Waals surface area contributed by atoms with Gasteiger partial charge in [-0.1, -0.05) is 35.6 Å². The van der Waals surface area contributed by atoms with Crippen LogP contribution in [0.2, 0.25) is 0 Å². The van der Waals surface area contributed by atoms with Gasteiger partial charge < -0.3 is 10.1 Å². The summed E-state index contributed by atoms with van der Waals surface area (Å²) in [6.45, 7) is 4.37. The van der Waals surface area contributed by atoms with Crippen molar-refractivity contribution in [2.24, 2.45) is 0 Å². The Labute approximate surface area is 111 Å². The predicted molar refractivity (Wildman–Crippen MR) is 73.7 cm³/mol. The van der Waals surface area contributed by atoms with Crippen molar-refractivity contribution < 1.29 is 4.74 Å². The van der Waals surface area contributed by atoms with Crippen LogP contribution in [-0.2, 0) is 11.3 Å². The quantitative estimate of drug-likeness (QED) is 0.812. The second-order valence-corrected chi connectivity index (χ2v) is 5.05. The lowest BCUT2D eigenvalue weighted by Crippen LogP contribution is -2.18. The molecular weight excluding hydrogens is 246 g/mol. The molecule has 1 aromatic heterocycles. The van der Waals surface area contributed by atoms with Gasteiger partial charge in [0.2, 0.25) is 0 Å². The Hall–Kier alpha value is -1.30. The number of ether oxygens (including phenoxy) is 1. The average Bonchev–Trinajstić information content (AvgIpc) is 2.84. The zero-order chi connectivity index (χ0) is 12.8. The minimum Gasteiger partial charge on any atom is -0.383 e. The van der Waals surface area contributed by atoms with E-state index >= 15 is 0 Å². The number of nitrogens with zero attached hydrogens (tertiary/aromatic N) is 2. The fraction of sp³-hybridized carbons (Fsp3) is 0.385. The highest BCUT2D eigenvalue weighted by molar-refractivity contribution is 7.14. The van der Waals surface area contributed by atoms with Crippen molar-refractivity contribution in [2.45, 2.75) is 13.5 Å². The van der Waals surface area contributed by atoms with Crippen LogP contribution < -0.4 is 5.32 Å². The van der Waals surface area contributed by atoms with Crippen LogP contribution in [0, 0.1) is 6.92 Å². The summed E-state index contributed by atoms with van der Waals surface area (Å²) in [4.78, 5) is 0. The Morgan fingerprint density at radius 1 is 1.28 bits per heavy atom. The van der Waals surface area contributed by atoms with Crippen molar-refractivity contribution in [3.05, 3.63) is 34.8 Å². The maximum Gasteiger partial charge on any atom is 0.148 e. The first-order valence-corrected chi connectivity index (χ1v) is 6.71. The van der Waals surface area contributed by atoms with Crippen molar-refractivity contribution in [1.82, 2.24) is 15.5 Å². The number of aryl methyl sites for hydroxylation is 1. The van der Waals surface area contributed by atoms with Crippen LogP contribution in [0.5, 0.6) is 0 Å². The van der Waals surface area contributed by atoms with Gasteiger partial charge in [0.05, 0.1) is 6.61 Å². The molecule has 5 heteroatoms. The summed E-state index contributed by atoms with van der Waals surface area (Å²) in [5, 5.41) is 13.7. The van der Waals surface area contributed by atoms with Gasteiger partial charge in [0.15, 0.2) is 0 Å². The largest absolute Gasteiger partial charge is 0.383 e. The van der Waals surface area contributed by atoms with Crippen molar-refractivity contribution in [1.29, 1.82) is 0 Å². The topological polar surface area (TPSA) is 47.0 Å². The molecule has 0 spiro atoms. The molecular formula is C13H17N3OS. The fourth-order valence-electron chi connectivity index (χ4n) is 1.62. The molecule has 18 heavy (non-hydrogen) atoms. The molecule has 0 radical (unpaired) electrons. The summed E-state index contributed by atoms with van der Waals surface area (Å²) in [6.07, 6.45) is 0. The minimum atomic E-state index is 0.712. The molecule has 1 heterocycles. The lowest BCUT2D eigenvalue weighted by atomic mass is 10.1. The zero-order valence-corrected chi connectivity index (χ0v) is 11.5. The summed E-state index contributed by atoms with van der Waals surface area (Å²) in [5.74, 6) is 0. The monoisotopic (exact) mass is 263 g/mol. The van der Waals surface area contributed by atoms with Crippen LogP contribution in [0.15, 0.2) is 24.3 Å². The summed E-state index contributed by atoms with van der Waals surface area (Å²) < 4.78 is 4.97. The van der Waals surface area contributed by atoms with Crippen molar-refractivity contribution in [2.75, 3.05) is 20.3 Å². The zero-order valence-electron chi connectivity index (χ0n) is 10.6. The molecule has 0 saturated carbocycles. The van der Waals surface area contributed by atoms with Crippen LogP contribution in [0.25, 0.3) is 10.6 Å². The smallest absolute Gasteiger partial charge is 0.148 e. The highest BCUT2D eigenvalue weighted by Crippen LogP contribution is 2.26. The van der Waals surface area contributed by atoms with E-state index in [-0.39, 0.29) is 0 Å². The molecule has 0 fully saturated rings. The summed E-state index contributed by atoms with van der Waals surface area (Å²) >= 11 is 1.63. The molecule has 2 rings (SSSR count). The van der Waals surface area contributed by atoms with Gasteiger partial charge in [-0.15, -0.1) is 10.2 Å². The molecule has 96 valence electrons. The van der Waals surface area contributed by atoms with E-state index in [9.17, 15) is 0 Å². The maximum atomic E-state index is 4.97. The fourth-order valence-corrected chi connectivity index (χ4v) is 2.52. The summed E-state index contributed by atoms with van der Waals surface area (Å²) in [5.41, 5.74) is 2.39. The van der Waals surface area contributed by atoms with Gasteiger partial charge in [0.1, 0.15) is 10.0 Å². The molecule has 0 aliphatic rings. The third-order valence-corrected chi connectivity index (χ3v) is 3.56. The van der Waals surface area contributed by atoms with Crippen LogP contribution in [0.3, 0.4) is 0 Å². The van der Waals surface area contributed by atoms with E-state index in [1.54, 1.807) is 18.4 Å². The van der Waals surface area contributed by atoms with Gasteiger partial charge in [-0.05, 0) is 12.5 Å². The number of aromatic nitrogens is 2. The average molecular weight is 263 g/mol. The third kappa shape index (κ3) is 3.35. The second kappa shape index (κ2) is 6.58. The van der Waals surface area contributed by atoms with Gasteiger partial charge in [-0.25, -0.2) is 0 Å². The normalized spacial score (nSPS) is 10.8. The van der Waals surface area contributed by atoms with Crippen LogP contribution in [0.1, 0.15) is 10.6 Å². The third-order valence-electron chi connectivity index (χ3n) is 2.60. The molecule has 0 aliphatic heterocycles. The SMILES string of the molecule is COCCNCc1nnc(-c2ccccc2C)s1. The number of rotatable bonds is 6. The number of nitrogens with one attached hydrogen (secondary N) is 1. The molecule has 0 atom stereocenters. The number of hydrogen-bond acceptors (Lipinski definition) is 5. The molecule has 0 aliphatic carbocycles. The highest BCUT2D eigenvalue weighted by Gasteiger charge is 2.07. The predicted octanol–water partition coefficient (Wildman–Crippen LogP) is 2.25. The standard InChI is InChI=1S/C13H17N3OS/c1-10-5-3-4-6-11(10)13-16-15-12(18-13)9-14-7-8-17-2/h3-6,14H,7-9H2,1-2H3. The minimum absolute atomic E-state index is 0.712. The number of hydrogen-bond donors (Lipinski definition) is 1. The lowest BCUT2D eigenvalue weighted by Gasteiger charge is -2.00. The van der Waals surface area contributed by atoms with E-state index < -0.39 is 0 Å². The van der Waals surface area contributed by atoms with Crippen molar-refractivity contribution >= 4 is 11.3 Å². The molecule has 2 aromatic rings. The van der Waals surface area contributed by atoms with Gasteiger partial charge >= 0.3 is 0 Å². The van der Waals surface area contributed by atoms with Crippen molar-refractivity contribution in [3.63, 3.8) is 0 Å². The van der Waals surface area contributed by atoms with E-state index in [4.69, 9.17) is 4.74 Å². The summed E-state index contributed by atoms with van der Waals surface area (Å²) in [6, 6.07) is 8.23. The first-order chi connectivity index (χ1) is 8.81. The Balaban J connectivity index is 2.00. The highest BCUT2D eigenvalue weighted by atomic mass is 32.1. The van der Waals surface area contributed by atoms with Gasteiger partial charge in [-0.3, -0.25) is 0 Å². The second-order valence-electron chi connectivity index (χ2n) is 3.99. The molecule has 0 amide bonds. The van der Waals surface area contributed by atoms with Crippen molar-refractivity contribution in [3.8, 4) is 10.6 Å². The van der Waals surface area contributed by atoms with E-state index in [1.807, 2.05) is 12.1 Å². The number of methoxy groups -OCH3 is 1. The lowest BCUT2D eigenvalue weighted by molar-refractivity contribution is 0.199. The molecule has 0 bridgehead atoms. The first-order valence-electron chi connectivity index (χ1n) is 5.89. The maximum absolute atomic E-state index is 4.97. The Kier molecular flexibility index (Phi) is 4.81. The van der Waals surface area contributed by atoms with E-state index in [1.165, 1.54) is 5.56 Å². The first kappa shape index (κ1) is 13.1. The van der Waals surface area contributed by atoms with Crippen LogP contribution in [0.4, 0.5) is 0 Å². The molecule has 0 saturated heterocycles. The molecule has 0 unspecified atom stereocenters. The van der Waals surface area contributed by atoms with E-state index in [0.29, 0.717) is 6.61 Å². The molecule has 1 aromatic carbocycles. The Bertz CT molecular complexity index is 498. The van der Waals surface area contributed by atoms with E-state index in [2.05, 4.69) is 34.6 Å². The van der Waals surface area contributed by atoms with Gasteiger partial charge in [0, 0.05) is 25.8 Å². The number of benzene rings is 1.